The van der Waals surface area contributed by atoms with Gasteiger partial charge in [0.2, 0.25) is 0 Å². The number of aromatic hydroxyl groups is 1. The third-order valence-electron chi connectivity index (χ3n) is 5.58. The second-order valence-electron chi connectivity index (χ2n) is 8.03. The highest BCUT2D eigenvalue weighted by molar-refractivity contribution is 5.92. The van der Waals surface area contributed by atoms with Crippen molar-refractivity contribution in [3.05, 3.63) is 120 Å². The van der Waals surface area contributed by atoms with Crippen LogP contribution < -0.4 is 4.74 Å². The molecule has 3 heteroatoms. The molecule has 0 aliphatic rings. The Labute approximate surface area is 182 Å². The topological polar surface area (TPSA) is 46.5 Å². The largest absolute Gasteiger partial charge is 0.508 e. The van der Waals surface area contributed by atoms with Crippen LogP contribution in [-0.4, -0.2) is 11.1 Å². The third kappa shape index (κ3) is 4.51. The fraction of sp³-hybridized carbons (Fsp3) is 0.107. The van der Waals surface area contributed by atoms with Gasteiger partial charge in [0.05, 0.1) is 5.56 Å². The van der Waals surface area contributed by atoms with Crippen molar-refractivity contribution in [2.75, 3.05) is 0 Å². The number of ether oxygens (including phenoxy) is 1. The van der Waals surface area contributed by atoms with Crippen molar-refractivity contribution in [3.8, 4) is 22.6 Å². The Balaban J connectivity index is 1.50. The molecule has 154 valence electrons. The van der Waals surface area contributed by atoms with E-state index in [0.29, 0.717) is 11.3 Å². The molecule has 0 heterocycles. The van der Waals surface area contributed by atoms with Crippen molar-refractivity contribution >= 4 is 5.97 Å². The van der Waals surface area contributed by atoms with Crippen molar-refractivity contribution in [1.29, 1.82) is 0 Å². The van der Waals surface area contributed by atoms with Crippen molar-refractivity contribution in [3.63, 3.8) is 0 Å². The maximum atomic E-state index is 12.7. The van der Waals surface area contributed by atoms with Gasteiger partial charge in [-0.05, 0) is 58.7 Å². The lowest BCUT2D eigenvalue weighted by Crippen LogP contribution is -2.18. The summed E-state index contributed by atoms with van der Waals surface area (Å²) in [7, 11) is 0. The van der Waals surface area contributed by atoms with Crippen LogP contribution >= 0.6 is 0 Å². The summed E-state index contributed by atoms with van der Waals surface area (Å²) >= 11 is 0. The van der Waals surface area contributed by atoms with E-state index in [1.165, 1.54) is 0 Å². The maximum absolute atomic E-state index is 12.7. The molecule has 0 spiro atoms. The zero-order chi connectivity index (χ0) is 21.8. The van der Waals surface area contributed by atoms with Gasteiger partial charge in [-0.2, -0.15) is 0 Å². The summed E-state index contributed by atoms with van der Waals surface area (Å²) in [6.07, 6.45) is 0. The van der Waals surface area contributed by atoms with Gasteiger partial charge in [-0.15, -0.1) is 0 Å². The molecule has 0 unspecified atom stereocenters. The summed E-state index contributed by atoms with van der Waals surface area (Å²) in [5, 5.41) is 9.54. The van der Waals surface area contributed by atoms with Gasteiger partial charge < -0.3 is 9.84 Å². The van der Waals surface area contributed by atoms with Gasteiger partial charge in [-0.3, -0.25) is 0 Å². The Hall–Kier alpha value is -3.85. The average molecular weight is 408 g/mol. The monoisotopic (exact) mass is 408 g/mol. The van der Waals surface area contributed by atoms with Crippen LogP contribution in [0.4, 0.5) is 0 Å². The molecule has 1 N–H and O–H groups in total. The van der Waals surface area contributed by atoms with Crippen LogP contribution in [0.25, 0.3) is 11.1 Å². The van der Waals surface area contributed by atoms with Crippen molar-refractivity contribution in [2.24, 2.45) is 0 Å². The SMILES string of the molecule is CC(C)(c1ccc(O)cc1)c1ccc(OC(=O)c2cccc(-c3ccccc3)c2)cc1. The van der Waals surface area contributed by atoms with E-state index in [1.54, 1.807) is 18.2 Å². The number of carbonyl (C=O) groups is 1. The number of phenols is 1. The van der Waals surface area contributed by atoms with E-state index in [2.05, 4.69) is 13.8 Å². The average Bonchev–Trinajstić information content (AvgIpc) is 2.80. The quantitative estimate of drug-likeness (QED) is 0.299. The minimum absolute atomic E-state index is 0.248. The smallest absolute Gasteiger partial charge is 0.343 e. The molecule has 0 aromatic heterocycles. The predicted molar refractivity (Wildman–Crippen MR) is 124 cm³/mol. The van der Waals surface area contributed by atoms with Crippen molar-refractivity contribution < 1.29 is 14.6 Å². The Bertz CT molecular complexity index is 1180. The summed E-state index contributed by atoms with van der Waals surface area (Å²) in [6.45, 7) is 4.24. The van der Waals surface area contributed by atoms with E-state index in [1.807, 2.05) is 84.9 Å². The Morgan fingerprint density at radius 3 is 1.94 bits per heavy atom. The maximum Gasteiger partial charge on any atom is 0.343 e. The highest BCUT2D eigenvalue weighted by atomic mass is 16.5. The summed E-state index contributed by atoms with van der Waals surface area (Å²) < 4.78 is 5.61. The molecule has 0 saturated carbocycles. The van der Waals surface area contributed by atoms with Crippen LogP contribution in [0.1, 0.15) is 35.3 Å². The first-order valence-corrected chi connectivity index (χ1v) is 10.2. The first-order valence-electron chi connectivity index (χ1n) is 10.2. The highest BCUT2D eigenvalue weighted by Gasteiger charge is 2.23. The number of hydrogen-bond donors (Lipinski definition) is 1. The standard InChI is InChI=1S/C28H24O3/c1-28(2,23-11-15-25(29)16-12-23)24-13-17-26(18-14-24)31-27(30)22-10-6-9-21(19-22)20-7-4-3-5-8-20/h3-19,29H,1-2H3. The van der Waals surface area contributed by atoms with E-state index in [-0.39, 0.29) is 17.1 Å². The molecular weight excluding hydrogens is 384 g/mol. The lowest BCUT2D eigenvalue weighted by atomic mass is 9.78. The van der Waals surface area contributed by atoms with Gasteiger partial charge in [0, 0.05) is 5.41 Å². The highest BCUT2D eigenvalue weighted by Crippen LogP contribution is 2.33. The molecule has 4 aromatic rings. The molecular formula is C28H24O3. The number of phenolic OH excluding ortho intramolecular Hbond substituents is 1. The molecule has 4 aromatic carbocycles. The third-order valence-corrected chi connectivity index (χ3v) is 5.58. The normalized spacial score (nSPS) is 11.2. The minimum Gasteiger partial charge on any atom is -0.508 e. The van der Waals surface area contributed by atoms with Crippen LogP contribution in [0.15, 0.2) is 103 Å². The van der Waals surface area contributed by atoms with Gasteiger partial charge in [0.15, 0.2) is 0 Å². The van der Waals surface area contributed by atoms with Crippen LogP contribution in [0, 0.1) is 0 Å². The number of carbonyl (C=O) groups excluding carboxylic acids is 1. The molecule has 4 rings (SSSR count). The molecule has 3 nitrogen and oxygen atoms in total. The van der Waals surface area contributed by atoms with E-state index in [4.69, 9.17) is 4.74 Å². The summed E-state index contributed by atoms with van der Waals surface area (Å²) in [6, 6.07) is 32.2. The molecule has 0 bridgehead atoms. The molecule has 0 radical (unpaired) electrons. The molecule has 0 fully saturated rings. The van der Waals surface area contributed by atoms with Crippen LogP contribution in [0.3, 0.4) is 0 Å². The van der Waals surface area contributed by atoms with Crippen LogP contribution in [0.2, 0.25) is 0 Å². The summed E-state index contributed by atoms with van der Waals surface area (Å²) in [4.78, 5) is 12.7. The summed E-state index contributed by atoms with van der Waals surface area (Å²) in [5.41, 5.74) is 4.46. The molecule has 31 heavy (non-hydrogen) atoms. The lowest BCUT2D eigenvalue weighted by molar-refractivity contribution is 0.0735. The molecule has 0 aliphatic carbocycles. The van der Waals surface area contributed by atoms with E-state index < -0.39 is 0 Å². The number of rotatable bonds is 5. The second kappa shape index (κ2) is 8.49. The van der Waals surface area contributed by atoms with Crippen molar-refractivity contribution in [2.45, 2.75) is 19.3 Å². The number of hydrogen-bond acceptors (Lipinski definition) is 3. The van der Waals surface area contributed by atoms with Gasteiger partial charge in [0.25, 0.3) is 0 Å². The minimum atomic E-state index is -0.386. The van der Waals surface area contributed by atoms with E-state index in [0.717, 1.165) is 22.3 Å². The predicted octanol–water partition coefficient (Wildman–Crippen LogP) is 6.60. The first kappa shape index (κ1) is 20.4. The molecule has 0 atom stereocenters. The Morgan fingerprint density at radius 1 is 0.710 bits per heavy atom. The second-order valence-corrected chi connectivity index (χ2v) is 8.03. The van der Waals surface area contributed by atoms with Gasteiger partial charge >= 0.3 is 5.97 Å². The van der Waals surface area contributed by atoms with Crippen LogP contribution in [0.5, 0.6) is 11.5 Å². The van der Waals surface area contributed by atoms with E-state index in [9.17, 15) is 9.90 Å². The van der Waals surface area contributed by atoms with E-state index >= 15 is 0 Å². The molecule has 0 saturated heterocycles. The summed E-state index contributed by atoms with van der Waals surface area (Å²) in [5.74, 6) is 0.363. The fourth-order valence-corrected chi connectivity index (χ4v) is 3.61. The number of esters is 1. The zero-order valence-electron chi connectivity index (χ0n) is 17.6. The van der Waals surface area contributed by atoms with Crippen LogP contribution in [-0.2, 0) is 5.41 Å². The fourth-order valence-electron chi connectivity index (χ4n) is 3.61. The first-order chi connectivity index (χ1) is 14.9. The molecule has 0 amide bonds. The van der Waals surface area contributed by atoms with Crippen molar-refractivity contribution in [1.82, 2.24) is 0 Å². The Kier molecular flexibility index (Phi) is 5.59. The van der Waals surface area contributed by atoms with Gasteiger partial charge in [-0.1, -0.05) is 80.6 Å². The van der Waals surface area contributed by atoms with Gasteiger partial charge in [-0.25, -0.2) is 4.79 Å². The Morgan fingerprint density at radius 2 is 1.29 bits per heavy atom. The number of benzene rings is 4. The molecule has 0 aliphatic heterocycles. The lowest BCUT2D eigenvalue weighted by Gasteiger charge is -2.26. The van der Waals surface area contributed by atoms with Gasteiger partial charge in [0.1, 0.15) is 11.5 Å². The zero-order valence-corrected chi connectivity index (χ0v) is 17.6.